The first-order chi connectivity index (χ1) is 21.6. The fraction of sp³-hybridized carbons (Fsp3) is 0.0500. The number of anilines is 3. The van der Waals surface area contributed by atoms with E-state index in [1.807, 2.05) is 24.3 Å². The van der Waals surface area contributed by atoms with E-state index >= 15 is 0 Å². The molecule has 0 bridgehead atoms. The summed E-state index contributed by atoms with van der Waals surface area (Å²) >= 11 is 0. The van der Waals surface area contributed by atoms with E-state index in [-0.39, 0.29) is 0 Å². The number of rotatable bonds is 4. The molecule has 0 aliphatic carbocycles. The van der Waals surface area contributed by atoms with Gasteiger partial charge < -0.3 is 4.90 Å². The molecule has 1 aliphatic rings. The Kier molecular flexibility index (Phi) is 6.24. The summed E-state index contributed by atoms with van der Waals surface area (Å²) in [5, 5.41) is 3.99. The molecule has 0 spiro atoms. The number of hydrogen-bond acceptors (Lipinski definition) is 3. The van der Waals surface area contributed by atoms with E-state index < -0.39 is 8.07 Å². The largest absolute Gasteiger partial charge is 0.311 e. The van der Waals surface area contributed by atoms with E-state index in [1.165, 1.54) is 27.4 Å². The van der Waals surface area contributed by atoms with Crippen molar-refractivity contribution >= 4 is 46.4 Å². The number of benzene rings is 6. The van der Waals surface area contributed by atoms with Gasteiger partial charge in [-0.15, -0.1) is 0 Å². The molecule has 0 atom stereocenters. The second-order valence-electron chi connectivity index (χ2n) is 11.9. The Morgan fingerprint density at radius 1 is 0.477 bits per heavy atom. The van der Waals surface area contributed by atoms with Crippen LogP contribution in [0.15, 0.2) is 152 Å². The van der Waals surface area contributed by atoms with Gasteiger partial charge in [0.15, 0.2) is 5.82 Å². The number of fused-ring (bicyclic) bond motifs is 3. The minimum Gasteiger partial charge on any atom is -0.311 e. The summed E-state index contributed by atoms with van der Waals surface area (Å²) < 4.78 is 0. The molecule has 0 radical (unpaired) electrons. The van der Waals surface area contributed by atoms with Crippen LogP contribution in [0.1, 0.15) is 0 Å². The molecule has 1 aliphatic heterocycles. The molecule has 0 saturated carbocycles. The lowest BCUT2D eigenvalue weighted by Gasteiger charge is -2.41. The number of hydrogen-bond donors (Lipinski definition) is 0. The van der Waals surface area contributed by atoms with Gasteiger partial charge in [0.05, 0.1) is 11.2 Å². The Morgan fingerprint density at radius 3 is 1.66 bits per heavy atom. The van der Waals surface area contributed by atoms with Crippen LogP contribution in [-0.2, 0) is 0 Å². The van der Waals surface area contributed by atoms with E-state index in [9.17, 15) is 0 Å². The molecular formula is C40H31N3Si. The standard InChI is InChI=1S/C40H31N3Si/c1-44(2)37-19-11-9-17-35(37)43(36-18-10-12-20-38(36)44)32-24-21-28(22-25-32)31-23-26-33-34(27-31)41-40(30-15-7-4-8-16-30)42-39(33)29-13-5-3-6-14-29/h3-27H,1-2H3. The molecule has 7 aromatic rings. The topological polar surface area (TPSA) is 29.0 Å². The average Bonchev–Trinajstić information content (AvgIpc) is 3.09. The van der Waals surface area contributed by atoms with Crippen molar-refractivity contribution in [3.63, 3.8) is 0 Å². The highest BCUT2D eigenvalue weighted by Crippen LogP contribution is 2.39. The lowest BCUT2D eigenvalue weighted by atomic mass is 10.00. The fourth-order valence-corrected chi connectivity index (χ4v) is 9.58. The van der Waals surface area contributed by atoms with Crippen molar-refractivity contribution in [3.8, 4) is 33.8 Å². The summed E-state index contributed by atoms with van der Waals surface area (Å²) in [6, 6.07) is 54.0. The van der Waals surface area contributed by atoms with Gasteiger partial charge in [-0.05, 0) is 57.9 Å². The van der Waals surface area contributed by atoms with Crippen LogP contribution in [0, 0.1) is 0 Å². The Balaban J connectivity index is 1.23. The van der Waals surface area contributed by atoms with E-state index in [1.54, 1.807) is 0 Å². The maximum absolute atomic E-state index is 5.06. The zero-order valence-corrected chi connectivity index (χ0v) is 25.8. The molecule has 44 heavy (non-hydrogen) atoms. The van der Waals surface area contributed by atoms with Crippen molar-refractivity contribution < 1.29 is 0 Å². The second kappa shape index (κ2) is 10.4. The summed E-state index contributed by atoms with van der Waals surface area (Å²) in [5.74, 6) is 0.735. The van der Waals surface area contributed by atoms with Crippen LogP contribution in [0.2, 0.25) is 13.1 Å². The number of aromatic nitrogens is 2. The molecule has 0 fully saturated rings. The van der Waals surface area contributed by atoms with Crippen molar-refractivity contribution in [1.82, 2.24) is 9.97 Å². The monoisotopic (exact) mass is 581 g/mol. The van der Waals surface area contributed by atoms with Gasteiger partial charge in [0.25, 0.3) is 0 Å². The Hall–Kier alpha value is -5.32. The smallest absolute Gasteiger partial charge is 0.160 e. The van der Waals surface area contributed by atoms with E-state index in [2.05, 4.69) is 145 Å². The first kappa shape index (κ1) is 26.3. The van der Waals surface area contributed by atoms with E-state index in [4.69, 9.17) is 9.97 Å². The fourth-order valence-electron chi connectivity index (χ4n) is 6.59. The summed E-state index contributed by atoms with van der Waals surface area (Å²) in [6.07, 6.45) is 0. The van der Waals surface area contributed by atoms with Gasteiger partial charge in [-0.25, -0.2) is 9.97 Å². The summed E-state index contributed by atoms with van der Waals surface area (Å²) in [6.45, 7) is 4.92. The Labute approximate surface area is 259 Å². The van der Waals surface area contributed by atoms with Gasteiger partial charge in [0.2, 0.25) is 0 Å². The van der Waals surface area contributed by atoms with Gasteiger partial charge in [-0.2, -0.15) is 0 Å². The minimum atomic E-state index is -1.81. The maximum atomic E-state index is 5.06. The predicted octanol–water partition coefficient (Wildman–Crippen LogP) is 9.24. The van der Waals surface area contributed by atoms with E-state index in [0.29, 0.717) is 0 Å². The van der Waals surface area contributed by atoms with E-state index in [0.717, 1.165) is 44.7 Å². The second-order valence-corrected chi connectivity index (χ2v) is 16.2. The molecule has 0 unspecified atom stereocenters. The zero-order chi connectivity index (χ0) is 29.7. The Morgan fingerprint density at radius 2 is 1.02 bits per heavy atom. The quantitative estimate of drug-likeness (QED) is 0.194. The molecule has 3 nitrogen and oxygen atoms in total. The van der Waals surface area contributed by atoms with Crippen LogP contribution in [0.4, 0.5) is 17.1 Å². The lowest BCUT2D eigenvalue weighted by molar-refractivity contribution is 1.23. The molecule has 2 heterocycles. The molecule has 0 saturated heterocycles. The molecule has 210 valence electrons. The van der Waals surface area contributed by atoms with Gasteiger partial charge in [-0.3, -0.25) is 0 Å². The molecular weight excluding hydrogens is 551 g/mol. The highest BCUT2D eigenvalue weighted by atomic mass is 28.3. The van der Waals surface area contributed by atoms with Crippen molar-refractivity contribution in [3.05, 3.63) is 152 Å². The van der Waals surface area contributed by atoms with Crippen LogP contribution < -0.4 is 15.3 Å². The van der Waals surface area contributed by atoms with Gasteiger partial charge >= 0.3 is 0 Å². The van der Waals surface area contributed by atoms with Gasteiger partial charge in [0.1, 0.15) is 8.07 Å². The zero-order valence-electron chi connectivity index (χ0n) is 24.8. The third-order valence-corrected chi connectivity index (χ3v) is 12.4. The highest BCUT2D eigenvalue weighted by molar-refractivity contribution is 7.02. The molecule has 6 aromatic carbocycles. The molecule has 1 aromatic heterocycles. The normalized spacial score (nSPS) is 13.4. The number of para-hydroxylation sites is 2. The number of nitrogens with zero attached hydrogens (tertiary/aromatic N) is 3. The van der Waals surface area contributed by atoms with Gasteiger partial charge in [-0.1, -0.05) is 128 Å². The van der Waals surface area contributed by atoms with Crippen LogP contribution in [-0.4, -0.2) is 18.0 Å². The van der Waals surface area contributed by atoms with Gasteiger partial charge in [0, 0.05) is 33.6 Å². The van der Waals surface area contributed by atoms with Crippen LogP contribution >= 0.6 is 0 Å². The average molecular weight is 582 g/mol. The third kappa shape index (κ3) is 4.34. The maximum Gasteiger partial charge on any atom is 0.160 e. The Bertz CT molecular complexity index is 2090. The molecule has 8 rings (SSSR count). The highest BCUT2D eigenvalue weighted by Gasteiger charge is 2.38. The van der Waals surface area contributed by atoms with Crippen molar-refractivity contribution in [2.24, 2.45) is 0 Å². The molecule has 4 heteroatoms. The van der Waals surface area contributed by atoms with Crippen LogP contribution in [0.3, 0.4) is 0 Å². The predicted molar refractivity (Wildman–Crippen MR) is 187 cm³/mol. The minimum absolute atomic E-state index is 0.735. The first-order valence-corrected chi connectivity index (χ1v) is 18.1. The van der Waals surface area contributed by atoms with Crippen molar-refractivity contribution in [2.45, 2.75) is 13.1 Å². The summed E-state index contributed by atoms with van der Waals surface area (Å²) in [5.41, 5.74) is 10.0. The van der Waals surface area contributed by atoms with Crippen molar-refractivity contribution in [1.29, 1.82) is 0 Å². The SMILES string of the molecule is C[Si]1(C)c2ccccc2N(c2ccc(-c3ccc4c(-c5ccccc5)nc(-c5ccccc5)nc4c3)cc2)c2ccccc21. The molecule has 0 amide bonds. The third-order valence-electron chi connectivity index (χ3n) is 8.87. The first-order valence-electron chi connectivity index (χ1n) is 15.1. The summed E-state index contributed by atoms with van der Waals surface area (Å²) in [7, 11) is -1.81. The molecule has 0 N–H and O–H groups in total. The van der Waals surface area contributed by atoms with Crippen molar-refractivity contribution in [2.75, 3.05) is 4.90 Å². The van der Waals surface area contributed by atoms with Crippen LogP contribution in [0.25, 0.3) is 44.7 Å². The summed E-state index contributed by atoms with van der Waals surface area (Å²) in [4.78, 5) is 12.5. The van der Waals surface area contributed by atoms with Crippen LogP contribution in [0.5, 0.6) is 0 Å². The lowest BCUT2D eigenvalue weighted by Crippen LogP contribution is -2.58.